The number of hydrogen-bond donors (Lipinski definition) is 2. The molecule has 0 saturated heterocycles. The van der Waals surface area contributed by atoms with Gasteiger partial charge in [-0.1, -0.05) is 66.2 Å². The molecule has 0 radical (unpaired) electrons. The van der Waals surface area contributed by atoms with Crippen molar-refractivity contribution >= 4 is 29.6 Å². The molecule has 6 heteroatoms. The van der Waals surface area contributed by atoms with Crippen LogP contribution in [0.5, 0.6) is 0 Å². The van der Waals surface area contributed by atoms with Crippen LogP contribution < -0.4 is 5.32 Å². The number of carbonyl (C=O) groups excluding carboxylic acids is 1. The molecule has 0 bridgehead atoms. The average molecular weight is 437 g/mol. The Balaban J connectivity index is 1.94. The lowest BCUT2D eigenvalue weighted by molar-refractivity contribution is -0.133. The van der Waals surface area contributed by atoms with E-state index in [1.54, 1.807) is 50.1 Å². The van der Waals surface area contributed by atoms with Crippen LogP contribution in [0.4, 0.5) is 0 Å². The molecule has 3 rings (SSSR count). The van der Waals surface area contributed by atoms with Crippen molar-refractivity contribution in [2.75, 3.05) is 13.6 Å². The summed E-state index contributed by atoms with van der Waals surface area (Å²) in [6.07, 6.45) is 3.86. The van der Waals surface area contributed by atoms with E-state index in [0.29, 0.717) is 34.1 Å². The van der Waals surface area contributed by atoms with E-state index < -0.39 is 11.9 Å². The summed E-state index contributed by atoms with van der Waals surface area (Å²) in [6, 6.07) is 16.8. The normalized spacial score (nSPS) is 16.5. The highest BCUT2D eigenvalue weighted by atomic mass is 35.5. The number of dihydropyridines is 1. The van der Waals surface area contributed by atoms with Gasteiger partial charge in [0.2, 0.25) is 0 Å². The van der Waals surface area contributed by atoms with Gasteiger partial charge in [-0.2, -0.15) is 0 Å². The minimum atomic E-state index is -1.07. The molecule has 160 valence electrons. The molecule has 0 spiro atoms. The van der Waals surface area contributed by atoms with Gasteiger partial charge in [-0.25, -0.2) is 4.79 Å². The van der Waals surface area contributed by atoms with Crippen molar-refractivity contribution in [3.05, 3.63) is 99.4 Å². The summed E-state index contributed by atoms with van der Waals surface area (Å²) in [5, 5.41) is 13.5. The van der Waals surface area contributed by atoms with Crippen LogP contribution in [0.1, 0.15) is 30.9 Å². The maximum atomic E-state index is 13.4. The van der Waals surface area contributed by atoms with Crippen LogP contribution in [-0.2, 0) is 9.59 Å². The number of nitrogens with one attached hydrogen (secondary N) is 1. The molecule has 0 saturated carbocycles. The summed E-state index contributed by atoms with van der Waals surface area (Å²) in [5.41, 5.74) is 3.41. The molecule has 1 unspecified atom stereocenters. The van der Waals surface area contributed by atoms with Crippen molar-refractivity contribution in [1.29, 1.82) is 0 Å². The van der Waals surface area contributed by atoms with Gasteiger partial charge in [0.05, 0.1) is 11.5 Å². The van der Waals surface area contributed by atoms with Crippen LogP contribution in [-0.4, -0.2) is 35.5 Å². The number of carbonyl (C=O) groups is 2. The number of hydrogen-bond acceptors (Lipinski definition) is 3. The first-order valence-electron chi connectivity index (χ1n) is 9.94. The molecule has 0 aromatic heterocycles. The van der Waals surface area contributed by atoms with Gasteiger partial charge >= 0.3 is 5.97 Å². The van der Waals surface area contributed by atoms with E-state index in [9.17, 15) is 14.7 Å². The highest BCUT2D eigenvalue weighted by molar-refractivity contribution is 6.30. The highest BCUT2D eigenvalue weighted by Crippen LogP contribution is 2.39. The SMILES string of the molecule is CC1=C(C(=O)O)C(c2cccc(Cl)c2)C(C(=O)N(C)CC=Cc2ccccc2)=C(C)N1. The summed E-state index contributed by atoms with van der Waals surface area (Å²) in [7, 11) is 1.71. The predicted molar refractivity (Wildman–Crippen MR) is 123 cm³/mol. The second-order valence-corrected chi connectivity index (χ2v) is 7.93. The number of amides is 1. The van der Waals surface area contributed by atoms with Gasteiger partial charge in [-0.3, -0.25) is 4.79 Å². The summed E-state index contributed by atoms with van der Waals surface area (Å²) >= 11 is 6.18. The number of rotatable bonds is 6. The number of nitrogens with zero attached hydrogens (tertiary/aromatic N) is 1. The Hall–Kier alpha value is -3.31. The molecule has 1 aliphatic heterocycles. The minimum Gasteiger partial charge on any atom is -0.478 e. The lowest BCUT2D eigenvalue weighted by Gasteiger charge is -2.32. The number of aliphatic carboxylic acids is 1. The number of allylic oxidation sites excluding steroid dienone is 2. The van der Waals surface area contributed by atoms with Gasteiger partial charge in [0.1, 0.15) is 0 Å². The summed E-state index contributed by atoms with van der Waals surface area (Å²) in [5.74, 6) is -2.02. The molecule has 1 heterocycles. The van der Waals surface area contributed by atoms with Gasteiger partial charge < -0.3 is 15.3 Å². The number of likely N-dealkylation sites (N-methyl/N-ethyl adjacent to an activating group) is 1. The van der Waals surface area contributed by atoms with Crippen molar-refractivity contribution in [2.45, 2.75) is 19.8 Å². The highest BCUT2D eigenvalue weighted by Gasteiger charge is 2.37. The Morgan fingerprint density at radius 1 is 1.06 bits per heavy atom. The third-order valence-electron chi connectivity index (χ3n) is 5.24. The van der Waals surface area contributed by atoms with Crippen LogP contribution in [0.2, 0.25) is 5.02 Å². The Kier molecular flexibility index (Phi) is 6.98. The second-order valence-electron chi connectivity index (χ2n) is 7.49. The van der Waals surface area contributed by atoms with E-state index in [1.165, 1.54) is 0 Å². The number of benzene rings is 2. The monoisotopic (exact) mass is 436 g/mol. The van der Waals surface area contributed by atoms with Crippen molar-refractivity contribution in [1.82, 2.24) is 10.2 Å². The molecule has 0 aliphatic carbocycles. The van der Waals surface area contributed by atoms with Crippen LogP contribution >= 0.6 is 11.6 Å². The molecule has 1 aliphatic rings. The van der Waals surface area contributed by atoms with E-state index >= 15 is 0 Å². The first kappa shape index (κ1) is 22.4. The molecule has 31 heavy (non-hydrogen) atoms. The summed E-state index contributed by atoms with van der Waals surface area (Å²) < 4.78 is 0. The minimum absolute atomic E-state index is 0.143. The molecular weight excluding hydrogens is 412 g/mol. The summed E-state index contributed by atoms with van der Waals surface area (Å²) in [4.78, 5) is 27.1. The molecule has 2 aromatic carbocycles. The molecule has 1 amide bonds. The zero-order valence-electron chi connectivity index (χ0n) is 17.7. The third-order valence-corrected chi connectivity index (χ3v) is 5.47. The molecule has 2 aromatic rings. The van der Waals surface area contributed by atoms with Crippen molar-refractivity contribution in [3.8, 4) is 0 Å². The topological polar surface area (TPSA) is 69.6 Å². The van der Waals surface area contributed by atoms with Crippen LogP contribution in [0.15, 0.2) is 83.2 Å². The standard InChI is InChI=1S/C25H25ClN2O3/c1-16-21(24(29)28(3)14-8-11-18-9-5-4-6-10-18)23(19-12-7-13-20(26)15-19)22(25(30)31)17(2)27-16/h4-13,15,23,27H,14H2,1-3H3,(H,30,31). The number of carboxylic acids is 1. The number of halogens is 1. The largest absolute Gasteiger partial charge is 0.478 e. The van der Waals surface area contributed by atoms with Crippen LogP contribution in [0.3, 0.4) is 0 Å². The first-order valence-corrected chi connectivity index (χ1v) is 10.3. The zero-order valence-corrected chi connectivity index (χ0v) is 18.5. The Morgan fingerprint density at radius 2 is 1.74 bits per heavy atom. The van der Waals surface area contributed by atoms with E-state index in [-0.39, 0.29) is 11.5 Å². The average Bonchev–Trinajstić information content (AvgIpc) is 2.73. The quantitative estimate of drug-likeness (QED) is 0.680. The summed E-state index contributed by atoms with van der Waals surface area (Å²) in [6.45, 7) is 3.89. The first-order chi connectivity index (χ1) is 14.8. The van der Waals surface area contributed by atoms with E-state index in [1.807, 2.05) is 42.5 Å². The zero-order chi connectivity index (χ0) is 22.5. The second kappa shape index (κ2) is 9.67. The van der Waals surface area contributed by atoms with E-state index in [0.717, 1.165) is 5.56 Å². The fourth-order valence-electron chi connectivity index (χ4n) is 3.78. The maximum Gasteiger partial charge on any atom is 0.334 e. The molecular formula is C25H25ClN2O3. The molecule has 1 atom stereocenters. The van der Waals surface area contributed by atoms with Gasteiger partial charge in [0.15, 0.2) is 0 Å². The van der Waals surface area contributed by atoms with Crippen LogP contribution in [0.25, 0.3) is 6.08 Å². The van der Waals surface area contributed by atoms with Gasteiger partial charge in [0.25, 0.3) is 5.91 Å². The molecule has 0 fully saturated rings. The van der Waals surface area contributed by atoms with Gasteiger partial charge in [-0.15, -0.1) is 0 Å². The predicted octanol–water partition coefficient (Wildman–Crippen LogP) is 4.83. The Morgan fingerprint density at radius 3 is 2.39 bits per heavy atom. The van der Waals surface area contributed by atoms with E-state index in [4.69, 9.17) is 11.6 Å². The van der Waals surface area contributed by atoms with Gasteiger partial charge in [0, 0.05) is 35.6 Å². The van der Waals surface area contributed by atoms with Gasteiger partial charge in [-0.05, 0) is 37.1 Å². The molecule has 5 nitrogen and oxygen atoms in total. The lowest BCUT2D eigenvalue weighted by atomic mass is 9.80. The Labute approximate surface area is 187 Å². The van der Waals surface area contributed by atoms with Crippen LogP contribution in [0, 0.1) is 0 Å². The fraction of sp³-hybridized carbons (Fsp3) is 0.200. The van der Waals surface area contributed by atoms with Crippen molar-refractivity contribution in [2.24, 2.45) is 0 Å². The fourth-order valence-corrected chi connectivity index (χ4v) is 3.98. The van der Waals surface area contributed by atoms with Crippen molar-refractivity contribution in [3.63, 3.8) is 0 Å². The molecule has 2 N–H and O–H groups in total. The van der Waals surface area contributed by atoms with Crippen molar-refractivity contribution < 1.29 is 14.7 Å². The van der Waals surface area contributed by atoms with E-state index in [2.05, 4.69) is 5.32 Å². The number of carboxylic acid groups (broad SMARTS) is 1. The smallest absolute Gasteiger partial charge is 0.334 e. The maximum absolute atomic E-state index is 13.4. The lowest BCUT2D eigenvalue weighted by Crippen LogP contribution is -2.37. The Bertz CT molecular complexity index is 1090. The third kappa shape index (κ3) is 5.06.